The fraction of sp³-hybridized carbons (Fsp3) is 0.867. The van der Waals surface area contributed by atoms with Crippen LogP contribution in [0.3, 0.4) is 0 Å². The molecular formula is C15H24O10S. The van der Waals surface area contributed by atoms with Gasteiger partial charge in [0.15, 0.2) is 6.29 Å². The van der Waals surface area contributed by atoms with Crippen LogP contribution in [0.1, 0.15) is 0 Å². The SMILES string of the molecule is C#CCS[C@H]1O[C@H](CO)[C@@H](O)[C@H](O)[C@@H]1O[C@@H]1O[C@@H](CO)[C@H](O)[C@@H](O)[C@H]1O. The van der Waals surface area contributed by atoms with Crippen LogP contribution in [0.15, 0.2) is 0 Å². The van der Waals surface area contributed by atoms with Crippen molar-refractivity contribution in [2.45, 2.75) is 60.6 Å². The lowest BCUT2D eigenvalue weighted by Crippen LogP contribution is -2.63. The van der Waals surface area contributed by atoms with Gasteiger partial charge in [-0.3, -0.25) is 0 Å². The van der Waals surface area contributed by atoms with E-state index in [0.29, 0.717) is 0 Å². The summed E-state index contributed by atoms with van der Waals surface area (Å²) in [6.07, 6.45) is -7.65. The highest BCUT2D eigenvalue weighted by Crippen LogP contribution is 2.33. The molecule has 0 saturated carbocycles. The minimum atomic E-state index is -1.68. The van der Waals surface area contributed by atoms with Crippen LogP contribution >= 0.6 is 11.8 Å². The molecule has 0 aromatic carbocycles. The first-order valence-electron chi connectivity index (χ1n) is 7.99. The maximum absolute atomic E-state index is 10.3. The summed E-state index contributed by atoms with van der Waals surface area (Å²) in [7, 11) is 0. The van der Waals surface area contributed by atoms with Gasteiger partial charge in [-0.1, -0.05) is 5.92 Å². The topological polar surface area (TPSA) is 169 Å². The average molecular weight is 396 g/mol. The number of terminal acetylenes is 1. The number of aliphatic hydroxyl groups excluding tert-OH is 7. The van der Waals surface area contributed by atoms with Crippen LogP contribution in [-0.2, 0) is 14.2 Å². The van der Waals surface area contributed by atoms with E-state index >= 15 is 0 Å². The fourth-order valence-corrected chi connectivity index (χ4v) is 3.70. The standard InChI is InChI=1S/C15H24O10S/c1-2-3-26-15-13(11(21)9(19)7(5-17)24-15)25-14-12(22)10(20)8(18)6(4-16)23-14/h1,6-22H,3-5H2/t6-,7+,8-,9+,10+,11-,12+,13-,14-,15+/m0/s1. The van der Waals surface area contributed by atoms with Crippen molar-refractivity contribution in [3.63, 3.8) is 0 Å². The number of rotatable bonds is 6. The molecule has 10 atom stereocenters. The van der Waals surface area contributed by atoms with Gasteiger partial charge in [-0.25, -0.2) is 0 Å². The third-order valence-corrected chi connectivity index (χ3v) is 5.34. The Morgan fingerprint density at radius 3 is 2.00 bits per heavy atom. The molecule has 2 rings (SSSR count). The molecule has 0 bridgehead atoms. The Morgan fingerprint density at radius 2 is 1.42 bits per heavy atom. The number of thioether (sulfide) groups is 1. The van der Waals surface area contributed by atoms with Crippen LogP contribution in [-0.4, -0.2) is 115 Å². The first-order chi connectivity index (χ1) is 12.3. The van der Waals surface area contributed by atoms with Gasteiger partial charge in [0.05, 0.1) is 19.0 Å². The lowest BCUT2D eigenvalue weighted by molar-refractivity contribution is -0.334. The second-order valence-electron chi connectivity index (χ2n) is 6.02. The zero-order valence-electron chi connectivity index (χ0n) is 13.7. The van der Waals surface area contributed by atoms with E-state index < -0.39 is 73.8 Å². The molecule has 0 radical (unpaired) electrons. The highest BCUT2D eigenvalue weighted by atomic mass is 32.2. The molecule has 2 aliphatic heterocycles. The van der Waals surface area contributed by atoms with Crippen molar-refractivity contribution < 1.29 is 50.0 Å². The highest BCUT2D eigenvalue weighted by molar-refractivity contribution is 8.00. The van der Waals surface area contributed by atoms with Crippen molar-refractivity contribution in [1.29, 1.82) is 0 Å². The van der Waals surface area contributed by atoms with Crippen LogP contribution in [0.25, 0.3) is 0 Å². The van der Waals surface area contributed by atoms with Crippen molar-refractivity contribution in [1.82, 2.24) is 0 Å². The number of aliphatic hydroxyl groups is 7. The molecule has 2 aliphatic rings. The van der Waals surface area contributed by atoms with Crippen molar-refractivity contribution in [2.24, 2.45) is 0 Å². The van der Waals surface area contributed by atoms with E-state index in [4.69, 9.17) is 20.6 Å². The van der Waals surface area contributed by atoms with Gasteiger partial charge in [0, 0.05) is 0 Å². The molecule has 150 valence electrons. The maximum Gasteiger partial charge on any atom is 0.187 e. The van der Waals surface area contributed by atoms with Crippen LogP contribution in [0.5, 0.6) is 0 Å². The summed E-state index contributed by atoms with van der Waals surface area (Å²) >= 11 is 1.06. The van der Waals surface area contributed by atoms with Crippen molar-refractivity contribution in [2.75, 3.05) is 19.0 Å². The van der Waals surface area contributed by atoms with E-state index in [-0.39, 0.29) is 5.75 Å². The van der Waals surface area contributed by atoms with Gasteiger partial charge in [0.1, 0.15) is 54.3 Å². The molecule has 11 heteroatoms. The van der Waals surface area contributed by atoms with Gasteiger partial charge < -0.3 is 50.0 Å². The van der Waals surface area contributed by atoms with Gasteiger partial charge in [-0.2, -0.15) is 0 Å². The minimum absolute atomic E-state index is 0.181. The summed E-state index contributed by atoms with van der Waals surface area (Å²) in [5, 5.41) is 68.5. The van der Waals surface area contributed by atoms with E-state index in [9.17, 15) is 35.7 Å². The molecule has 0 aliphatic carbocycles. The Bertz CT molecular complexity index is 486. The monoisotopic (exact) mass is 396 g/mol. The predicted molar refractivity (Wildman–Crippen MR) is 87.7 cm³/mol. The van der Waals surface area contributed by atoms with Gasteiger partial charge in [-0.05, 0) is 0 Å². The molecule has 0 amide bonds. The van der Waals surface area contributed by atoms with E-state index in [1.165, 1.54) is 0 Å². The lowest BCUT2D eigenvalue weighted by atomic mass is 9.98. The Labute approximate surface area is 154 Å². The van der Waals surface area contributed by atoms with Crippen molar-refractivity contribution in [3.8, 4) is 12.3 Å². The molecule has 26 heavy (non-hydrogen) atoms. The first-order valence-corrected chi connectivity index (χ1v) is 9.04. The summed E-state index contributed by atoms with van der Waals surface area (Å²) in [4.78, 5) is 0. The molecule has 0 spiro atoms. The number of hydrogen-bond acceptors (Lipinski definition) is 11. The largest absolute Gasteiger partial charge is 0.394 e. The average Bonchev–Trinajstić information content (AvgIpc) is 2.64. The van der Waals surface area contributed by atoms with Crippen LogP contribution in [0.2, 0.25) is 0 Å². The summed E-state index contributed by atoms with van der Waals surface area (Å²) in [6.45, 7) is -1.18. The Kier molecular flexibility index (Phi) is 8.08. The number of ether oxygens (including phenoxy) is 3. The van der Waals surface area contributed by atoms with Crippen molar-refractivity contribution >= 4 is 11.8 Å². The second kappa shape index (κ2) is 9.63. The van der Waals surface area contributed by atoms with E-state index in [1.807, 2.05) is 0 Å². The second-order valence-corrected chi connectivity index (χ2v) is 7.11. The summed E-state index contributed by atoms with van der Waals surface area (Å²) in [5.74, 6) is 2.55. The molecule has 2 heterocycles. The highest BCUT2D eigenvalue weighted by Gasteiger charge is 2.50. The van der Waals surface area contributed by atoms with Crippen LogP contribution < -0.4 is 0 Å². The Balaban J connectivity index is 2.16. The van der Waals surface area contributed by atoms with Crippen LogP contribution in [0.4, 0.5) is 0 Å². The smallest absolute Gasteiger partial charge is 0.187 e. The predicted octanol–water partition coefficient (Wildman–Crippen LogP) is -4.02. The molecule has 7 N–H and O–H groups in total. The van der Waals surface area contributed by atoms with Gasteiger partial charge >= 0.3 is 0 Å². The van der Waals surface area contributed by atoms with Gasteiger partial charge in [0.25, 0.3) is 0 Å². The minimum Gasteiger partial charge on any atom is -0.394 e. The normalized spacial score (nSPS) is 46.7. The molecule has 0 aromatic rings. The third-order valence-electron chi connectivity index (χ3n) is 4.30. The van der Waals surface area contributed by atoms with Gasteiger partial charge in [-0.15, -0.1) is 18.2 Å². The van der Waals surface area contributed by atoms with E-state index in [2.05, 4.69) is 5.92 Å². The zero-order valence-corrected chi connectivity index (χ0v) is 14.6. The molecule has 0 aromatic heterocycles. The first kappa shape index (κ1) is 21.8. The Morgan fingerprint density at radius 1 is 0.846 bits per heavy atom. The molecule has 10 nitrogen and oxygen atoms in total. The van der Waals surface area contributed by atoms with E-state index in [0.717, 1.165) is 11.8 Å². The van der Waals surface area contributed by atoms with Crippen LogP contribution in [0, 0.1) is 12.3 Å². The summed E-state index contributed by atoms with van der Waals surface area (Å²) < 4.78 is 16.3. The number of hydrogen-bond donors (Lipinski definition) is 7. The molecule has 2 fully saturated rings. The lowest BCUT2D eigenvalue weighted by Gasteiger charge is -2.46. The zero-order chi connectivity index (χ0) is 19.4. The van der Waals surface area contributed by atoms with Gasteiger partial charge in [0.2, 0.25) is 0 Å². The summed E-state index contributed by atoms with van der Waals surface area (Å²) in [5.41, 5.74) is -0.908. The molecular weight excluding hydrogens is 372 g/mol. The molecule has 0 unspecified atom stereocenters. The fourth-order valence-electron chi connectivity index (χ4n) is 2.80. The quantitative estimate of drug-likeness (QED) is 0.218. The summed E-state index contributed by atoms with van der Waals surface area (Å²) in [6, 6.07) is 0. The van der Waals surface area contributed by atoms with Crippen molar-refractivity contribution in [3.05, 3.63) is 0 Å². The van der Waals surface area contributed by atoms with E-state index in [1.54, 1.807) is 0 Å². The molecule has 2 saturated heterocycles. The maximum atomic E-state index is 10.3. The Hall–Kier alpha value is -0.490. The third kappa shape index (κ3) is 4.49.